The van der Waals surface area contributed by atoms with Gasteiger partial charge >= 0.3 is 6.03 Å². The highest BCUT2D eigenvalue weighted by molar-refractivity contribution is 5.93. The fourth-order valence-corrected chi connectivity index (χ4v) is 3.02. The molecule has 1 aromatic heterocycles. The Morgan fingerprint density at radius 1 is 1.26 bits per heavy atom. The van der Waals surface area contributed by atoms with Gasteiger partial charge in [0, 0.05) is 31.9 Å². The van der Waals surface area contributed by atoms with Crippen LogP contribution in [0, 0.1) is 0 Å². The number of hydrogen-bond acceptors (Lipinski definition) is 3. The number of aromatic nitrogens is 1. The van der Waals surface area contributed by atoms with Gasteiger partial charge in [0.25, 0.3) is 0 Å². The fraction of sp³-hybridized carbons (Fsp3) is 0.571. The normalized spacial score (nSPS) is 20.6. The lowest BCUT2D eigenvalue weighted by Crippen LogP contribution is -2.38. The Hall–Kier alpha value is -1.62. The maximum atomic E-state index is 12.4. The first kappa shape index (κ1) is 12.4. The highest BCUT2D eigenvalue weighted by Gasteiger charge is 2.35. The average molecular weight is 260 g/mol. The zero-order valence-electron chi connectivity index (χ0n) is 11.1. The van der Waals surface area contributed by atoms with E-state index in [-0.39, 0.29) is 6.03 Å². The van der Waals surface area contributed by atoms with E-state index >= 15 is 0 Å². The third kappa shape index (κ3) is 2.30. The summed E-state index contributed by atoms with van der Waals surface area (Å²) in [5.74, 6) is 0.739. The van der Waals surface area contributed by atoms with E-state index in [1.165, 1.54) is 12.8 Å². The van der Waals surface area contributed by atoms with Crippen LogP contribution < -0.4 is 10.6 Å². The van der Waals surface area contributed by atoms with Crippen molar-refractivity contribution < 1.29 is 4.79 Å². The molecule has 0 spiro atoms. The van der Waals surface area contributed by atoms with Crippen molar-refractivity contribution in [3.8, 4) is 0 Å². The maximum absolute atomic E-state index is 12.4. The van der Waals surface area contributed by atoms with Gasteiger partial charge in [0.15, 0.2) is 0 Å². The quantitative estimate of drug-likeness (QED) is 0.900. The van der Waals surface area contributed by atoms with Crippen LogP contribution in [0.15, 0.2) is 18.3 Å². The van der Waals surface area contributed by atoms with Crippen molar-refractivity contribution in [1.29, 1.82) is 0 Å². The minimum atomic E-state index is 0.111. The molecule has 1 saturated carbocycles. The highest BCUT2D eigenvalue weighted by Crippen LogP contribution is 2.28. The van der Waals surface area contributed by atoms with E-state index in [0.29, 0.717) is 12.6 Å². The molecule has 0 atom stereocenters. The summed E-state index contributed by atoms with van der Waals surface area (Å²) in [4.78, 5) is 20.6. The van der Waals surface area contributed by atoms with Crippen LogP contribution in [-0.2, 0) is 6.54 Å². The Morgan fingerprint density at radius 2 is 2.05 bits per heavy atom. The van der Waals surface area contributed by atoms with E-state index in [9.17, 15) is 4.79 Å². The molecule has 3 rings (SSSR count). The lowest BCUT2D eigenvalue weighted by Gasteiger charge is -2.23. The molecule has 0 aromatic carbocycles. The van der Waals surface area contributed by atoms with E-state index in [2.05, 4.69) is 4.98 Å². The number of hydrogen-bond donors (Lipinski definition) is 1. The minimum absolute atomic E-state index is 0.111. The SMILES string of the molecule is NCc1ccc(N2CCN(C3CCCC3)C2=O)nc1. The van der Waals surface area contributed by atoms with Gasteiger partial charge in [-0.2, -0.15) is 0 Å². The Kier molecular flexibility index (Phi) is 3.38. The van der Waals surface area contributed by atoms with Crippen molar-refractivity contribution in [2.45, 2.75) is 38.3 Å². The minimum Gasteiger partial charge on any atom is -0.326 e. The molecule has 19 heavy (non-hydrogen) atoms. The van der Waals surface area contributed by atoms with Crippen LogP contribution in [0.3, 0.4) is 0 Å². The third-order valence-electron chi connectivity index (χ3n) is 4.13. The van der Waals surface area contributed by atoms with Gasteiger partial charge in [-0.15, -0.1) is 0 Å². The van der Waals surface area contributed by atoms with Gasteiger partial charge in [-0.25, -0.2) is 9.78 Å². The number of nitrogens with zero attached hydrogens (tertiary/aromatic N) is 3. The number of anilines is 1. The zero-order chi connectivity index (χ0) is 13.2. The van der Waals surface area contributed by atoms with Crippen LogP contribution in [0.5, 0.6) is 0 Å². The largest absolute Gasteiger partial charge is 0.326 e. The number of urea groups is 1. The predicted molar refractivity (Wildman–Crippen MR) is 73.8 cm³/mol. The van der Waals surface area contributed by atoms with E-state index in [1.54, 1.807) is 11.1 Å². The number of pyridine rings is 1. The van der Waals surface area contributed by atoms with E-state index in [0.717, 1.165) is 37.3 Å². The summed E-state index contributed by atoms with van der Waals surface area (Å²) >= 11 is 0. The first-order valence-corrected chi connectivity index (χ1v) is 7.03. The zero-order valence-corrected chi connectivity index (χ0v) is 11.1. The first-order valence-electron chi connectivity index (χ1n) is 7.03. The Bertz CT molecular complexity index is 453. The molecule has 2 heterocycles. The van der Waals surface area contributed by atoms with E-state index in [1.807, 2.05) is 17.0 Å². The first-order chi connectivity index (χ1) is 9.29. The molecule has 0 bridgehead atoms. The predicted octanol–water partition coefficient (Wildman–Crippen LogP) is 1.72. The Morgan fingerprint density at radius 3 is 2.68 bits per heavy atom. The number of carbonyl (C=O) groups is 1. The standard InChI is InChI=1S/C14H20N4O/c15-9-11-5-6-13(16-10-11)18-8-7-17(14(18)19)12-3-1-2-4-12/h5-6,10,12H,1-4,7-9,15H2. The highest BCUT2D eigenvalue weighted by atomic mass is 16.2. The van der Waals surface area contributed by atoms with Crippen LogP contribution >= 0.6 is 0 Å². The van der Waals surface area contributed by atoms with Crippen LogP contribution in [0.25, 0.3) is 0 Å². The summed E-state index contributed by atoms with van der Waals surface area (Å²) in [5.41, 5.74) is 6.55. The summed E-state index contributed by atoms with van der Waals surface area (Å²) in [6.45, 7) is 2.05. The van der Waals surface area contributed by atoms with Crippen molar-refractivity contribution >= 4 is 11.8 Å². The van der Waals surface area contributed by atoms with E-state index < -0.39 is 0 Å². The molecule has 0 radical (unpaired) electrons. The van der Waals surface area contributed by atoms with Gasteiger partial charge in [0.2, 0.25) is 0 Å². The molecule has 5 nitrogen and oxygen atoms in total. The van der Waals surface area contributed by atoms with E-state index in [4.69, 9.17) is 5.73 Å². The maximum Gasteiger partial charge on any atom is 0.326 e. The molecule has 1 aliphatic carbocycles. The molecule has 2 fully saturated rings. The van der Waals surface area contributed by atoms with Crippen LogP contribution in [-0.4, -0.2) is 35.0 Å². The van der Waals surface area contributed by atoms with Gasteiger partial charge in [0.05, 0.1) is 0 Å². The number of carbonyl (C=O) groups excluding carboxylic acids is 1. The second-order valence-electron chi connectivity index (χ2n) is 5.29. The molecule has 2 N–H and O–H groups in total. The summed E-state index contributed by atoms with van der Waals surface area (Å²) in [6, 6.07) is 4.38. The number of rotatable bonds is 3. The summed E-state index contributed by atoms with van der Waals surface area (Å²) in [5, 5.41) is 0. The number of nitrogens with two attached hydrogens (primary N) is 1. The smallest absolute Gasteiger partial charge is 0.326 e. The Labute approximate surface area is 113 Å². The molecule has 2 aliphatic rings. The van der Waals surface area contributed by atoms with Gasteiger partial charge in [-0.05, 0) is 24.5 Å². The van der Waals surface area contributed by atoms with Crippen molar-refractivity contribution in [3.05, 3.63) is 23.9 Å². The second kappa shape index (κ2) is 5.17. The van der Waals surface area contributed by atoms with Crippen molar-refractivity contribution in [2.24, 2.45) is 5.73 Å². The molecule has 1 saturated heterocycles. The molecular formula is C14H20N4O. The molecular weight excluding hydrogens is 240 g/mol. The van der Waals surface area contributed by atoms with Crippen LogP contribution in [0.4, 0.5) is 10.6 Å². The van der Waals surface area contributed by atoms with Crippen molar-refractivity contribution in [2.75, 3.05) is 18.0 Å². The van der Waals surface area contributed by atoms with Gasteiger partial charge in [-0.3, -0.25) is 4.90 Å². The Balaban J connectivity index is 1.73. The molecule has 0 unspecified atom stereocenters. The molecule has 5 heteroatoms. The fourth-order valence-electron chi connectivity index (χ4n) is 3.02. The van der Waals surface area contributed by atoms with Crippen molar-refractivity contribution in [3.63, 3.8) is 0 Å². The summed E-state index contributed by atoms with van der Waals surface area (Å²) in [7, 11) is 0. The summed E-state index contributed by atoms with van der Waals surface area (Å²) < 4.78 is 0. The van der Waals surface area contributed by atoms with Gasteiger partial charge < -0.3 is 10.6 Å². The molecule has 102 valence electrons. The third-order valence-corrected chi connectivity index (χ3v) is 4.13. The average Bonchev–Trinajstić information content (AvgIpc) is 3.08. The lowest BCUT2D eigenvalue weighted by atomic mass is 10.2. The van der Waals surface area contributed by atoms with Gasteiger partial charge in [0.1, 0.15) is 5.82 Å². The van der Waals surface area contributed by atoms with Crippen LogP contribution in [0.2, 0.25) is 0 Å². The monoisotopic (exact) mass is 260 g/mol. The molecule has 1 aromatic rings. The summed E-state index contributed by atoms with van der Waals surface area (Å²) in [6.07, 6.45) is 6.55. The molecule has 2 amide bonds. The van der Waals surface area contributed by atoms with Crippen LogP contribution in [0.1, 0.15) is 31.2 Å². The second-order valence-corrected chi connectivity index (χ2v) is 5.29. The number of amides is 2. The lowest BCUT2D eigenvalue weighted by molar-refractivity contribution is 0.201. The molecule has 1 aliphatic heterocycles. The van der Waals surface area contributed by atoms with Crippen molar-refractivity contribution in [1.82, 2.24) is 9.88 Å². The topological polar surface area (TPSA) is 62.5 Å². The van der Waals surface area contributed by atoms with Gasteiger partial charge in [-0.1, -0.05) is 18.9 Å².